The fourth-order valence-electron chi connectivity index (χ4n) is 1.60. The summed E-state index contributed by atoms with van der Waals surface area (Å²) < 4.78 is 1.64. The van der Waals surface area contributed by atoms with E-state index in [0.717, 1.165) is 17.7 Å². The first-order chi connectivity index (χ1) is 7.60. The van der Waals surface area contributed by atoms with Crippen LogP contribution in [-0.2, 0) is 18.3 Å². The number of carbonyl (C=O) groups is 1. The molecule has 1 atom stereocenters. The number of carboxylic acid groups (broad SMARTS) is 1. The Morgan fingerprint density at radius 3 is 3.00 bits per heavy atom. The van der Waals surface area contributed by atoms with Gasteiger partial charge < -0.3 is 5.11 Å². The highest BCUT2D eigenvalue weighted by atomic mass is 16.4. The van der Waals surface area contributed by atoms with Crippen molar-refractivity contribution in [3.05, 3.63) is 30.1 Å². The van der Waals surface area contributed by atoms with Gasteiger partial charge in [-0.05, 0) is 6.42 Å². The van der Waals surface area contributed by atoms with Crippen molar-refractivity contribution in [1.29, 1.82) is 0 Å². The van der Waals surface area contributed by atoms with E-state index in [4.69, 9.17) is 5.11 Å². The van der Waals surface area contributed by atoms with Crippen LogP contribution in [0.25, 0.3) is 0 Å². The van der Waals surface area contributed by atoms with Crippen LogP contribution in [0.15, 0.2) is 18.9 Å². The first kappa shape index (κ1) is 12.4. The number of hydrogen-bond acceptors (Lipinski definition) is 3. The van der Waals surface area contributed by atoms with E-state index in [0.29, 0.717) is 6.54 Å². The molecular weight excluding hydrogens is 206 g/mol. The molecule has 5 heteroatoms. The summed E-state index contributed by atoms with van der Waals surface area (Å²) >= 11 is 0. The van der Waals surface area contributed by atoms with Gasteiger partial charge in [0, 0.05) is 25.4 Å². The van der Waals surface area contributed by atoms with Crippen molar-refractivity contribution in [3.63, 3.8) is 0 Å². The molecule has 0 spiro atoms. The Kier molecular flexibility index (Phi) is 4.25. The van der Waals surface area contributed by atoms with Gasteiger partial charge in [0.05, 0.1) is 5.69 Å². The molecule has 0 bridgehead atoms. The van der Waals surface area contributed by atoms with Crippen LogP contribution in [0.4, 0.5) is 0 Å². The SMILES string of the molecule is C=CCNC(C(=O)O)c1cn(C)nc1CC. The zero-order chi connectivity index (χ0) is 12.1. The summed E-state index contributed by atoms with van der Waals surface area (Å²) in [5, 5.41) is 16.3. The zero-order valence-corrected chi connectivity index (χ0v) is 9.60. The van der Waals surface area contributed by atoms with Crippen LogP contribution < -0.4 is 5.32 Å². The van der Waals surface area contributed by atoms with Gasteiger partial charge in [0.25, 0.3) is 0 Å². The first-order valence-electron chi connectivity index (χ1n) is 5.19. The van der Waals surface area contributed by atoms with Crippen LogP contribution >= 0.6 is 0 Å². The molecule has 1 unspecified atom stereocenters. The van der Waals surface area contributed by atoms with Gasteiger partial charge in [-0.3, -0.25) is 14.8 Å². The average molecular weight is 223 g/mol. The third kappa shape index (κ3) is 2.70. The molecule has 0 aliphatic rings. The molecule has 0 aliphatic carbocycles. The maximum Gasteiger partial charge on any atom is 0.325 e. The fourth-order valence-corrected chi connectivity index (χ4v) is 1.60. The first-order valence-corrected chi connectivity index (χ1v) is 5.19. The molecule has 0 amide bonds. The van der Waals surface area contributed by atoms with E-state index in [-0.39, 0.29) is 0 Å². The minimum absolute atomic E-state index is 0.453. The summed E-state index contributed by atoms with van der Waals surface area (Å²) in [6, 6.07) is -0.721. The molecular formula is C11H17N3O2. The Morgan fingerprint density at radius 2 is 2.50 bits per heavy atom. The molecule has 2 N–H and O–H groups in total. The second kappa shape index (κ2) is 5.46. The van der Waals surface area contributed by atoms with Crippen molar-refractivity contribution in [3.8, 4) is 0 Å². The van der Waals surface area contributed by atoms with Crippen molar-refractivity contribution in [2.75, 3.05) is 6.54 Å². The predicted molar refractivity (Wildman–Crippen MR) is 61.2 cm³/mol. The average Bonchev–Trinajstić information content (AvgIpc) is 2.60. The van der Waals surface area contributed by atoms with E-state index in [9.17, 15) is 4.79 Å². The van der Waals surface area contributed by atoms with E-state index in [2.05, 4.69) is 17.0 Å². The van der Waals surface area contributed by atoms with Crippen LogP contribution in [0.3, 0.4) is 0 Å². The van der Waals surface area contributed by atoms with Gasteiger partial charge in [0.15, 0.2) is 0 Å². The number of hydrogen-bond donors (Lipinski definition) is 2. The van der Waals surface area contributed by atoms with E-state index in [1.807, 2.05) is 6.92 Å². The van der Waals surface area contributed by atoms with Crippen LogP contribution in [0.1, 0.15) is 24.2 Å². The summed E-state index contributed by atoms with van der Waals surface area (Å²) in [7, 11) is 1.79. The Labute approximate surface area is 94.8 Å². The van der Waals surface area contributed by atoms with Gasteiger partial charge in [-0.1, -0.05) is 13.0 Å². The smallest absolute Gasteiger partial charge is 0.325 e. The molecule has 16 heavy (non-hydrogen) atoms. The van der Waals surface area contributed by atoms with Gasteiger partial charge in [-0.15, -0.1) is 6.58 Å². The number of nitrogens with one attached hydrogen (secondary N) is 1. The second-order valence-corrected chi connectivity index (χ2v) is 3.53. The molecule has 1 aromatic rings. The Balaban J connectivity index is 2.99. The lowest BCUT2D eigenvalue weighted by Crippen LogP contribution is -2.29. The minimum atomic E-state index is -0.899. The van der Waals surface area contributed by atoms with E-state index < -0.39 is 12.0 Å². The molecule has 1 heterocycles. The van der Waals surface area contributed by atoms with Crippen LogP contribution in [-0.4, -0.2) is 27.4 Å². The summed E-state index contributed by atoms with van der Waals surface area (Å²) in [6.07, 6.45) is 4.10. The number of aliphatic carboxylic acids is 1. The lowest BCUT2D eigenvalue weighted by molar-refractivity contribution is -0.139. The molecule has 1 aromatic heterocycles. The Morgan fingerprint density at radius 1 is 1.81 bits per heavy atom. The third-order valence-corrected chi connectivity index (χ3v) is 2.30. The van der Waals surface area contributed by atoms with Gasteiger partial charge in [-0.25, -0.2) is 0 Å². The Hall–Kier alpha value is -1.62. The lowest BCUT2D eigenvalue weighted by Gasteiger charge is -2.12. The van der Waals surface area contributed by atoms with E-state index >= 15 is 0 Å². The molecule has 88 valence electrons. The van der Waals surface area contributed by atoms with Crippen molar-refractivity contribution in [2.45, 2.75) is 19.4 Å². The molecule has 0 radical (unpaired) electrons. The van der Waals surface area contributed by atoms with Crippen molar-refractivity contribution < 1.29 is 9.90 Å². The third-order valence-electron chi connectivity index (χ3n) is 2.30. The standard InChI is InChI=1S/C11H17N3O2/c1-4-6-12-10(11(15)16)8-7-14(3)13-9(8)5-2/h4,7,10,12H,1,5-6H2,2-3H3,(H,15,16). The molecule has 0 fully saturated rings. The van der Waals surface area contributed by atoms with E-state index in [1.54, 1.807) is 24.0 Å². The second-order valence-electron chi connectivity index (χ2n) is 3.53. The maximum absolute atomic E-state index is 11.1. The fraction of sp³-hybridized carbons (Fsp3) is 0.455. The Bertz CT molecular complexity index is 385. The molecule has 5 nitrogen and oxygen atoms in total. The van der Waals surface area contributed by atoms with Crippen molar-refractivity contribution in [2.24, 2.45) is 7.05 Å². The normalized spacial score (nSPS) is 12.4. The maximum atomic E-state index is 11.1. The molecule has 0 saturated heterocycles. The number of rotatable bonds is 6. The van der Waals surface area contributed by atoms with E-state index in [1.165, 1.54) is 0 Å². The quantitative estimate of drug-likeness (QED) is 0.703. The molecule has 1 rings (SSSR count). The molecule has 0 aromatic carbocycles. The number of nitrogens with zero attached hydrogens (tertiary/aromatic N) is 2. The summed E-state index contributed by atoms with van der Waals surface area (Å²) in [5.41, 5.74) is 1.53. The number of carboxylic acids is 1. The largest absolute Gasteiger partial charge is 0.480 e. The number of aryl methyl sites for hydroxylation is 2. The highest BCUT2D eigenvalue weighted by molar-refractivity contribution is 5.75. The lowest BCUT2D eigenvalue weighted by atomic mass is 10.1. The highest BCUT2D eigenvalue weighted by Crippen LogP contribution is 2.17. The van der Waals surface area contributed by atoms with Crippen molar-refractivity contribution >= 4 is 5.97 Å². The van der Waals surface area contributed by atoms with Crippen LogP contribution in [0.2, 0.25) is 0 Å². The van der Waals surface area contributed by atoms with Crippen molar-refractivity contribution in [1.82, 2.24) is 15.1 Å². The monoisotopic (exact) mass is 223 g/mol. The zero-order valence-electron chi connectivity index (χ0n) is 9.60. The number of aromatic nitrogens is 2. The highest BCUT2D eigenvalue weighted by Gasteiger charge is 2.23. The van der Waals surface area contributed by atoms with Crippen LogP contribution in [0.5, 0.6) is 0 Å². The summed E-state index contributed by atoms with van der Waals surface area (Å²) in [6.45, 7) is 5.97. The van der Waals surface area contributed by atoms with Gasteiger partial charge >= 0.3 is 5.97 Å². The summed E-state index contributed by atoms with van der Waals surface area (Å²) in [4.78, 5) is 11.1. The predicted octanol–water partition coefficient (Wildman–Crippen LogP) is 0.884. The van der Waals surface area contributed by atoms with Gasteiger partial charge in [-0.2, -0.15) is 5.10 Å². The van der Waals surface area contributed by atoms with Gasteiger partial charge in [0.2, 0.25) is 0 Å². The van der Waals surface area contributed by atoms with Gasteiger partial charge in [0.1, 0.15) is 6.04 Å². The topological polar surface area (TPSA) is 67.2 Å². The minimum Gasteiger partial charge on any atom is -0.480 e. The molecule has 0 saturated carbocycles. The molecule has 0 aliphatic heterocycles. The summed E-state index contributed by atoms with van der Waals surface area (Å²) in [5.74, 6) is -0.899. The van der Waals surface area contributed by atoms with Crippen LogP contribution in [0, 0.1) is 0 Å².